The van der Waals surface area contributed by atoms with Crippen molar-refractivity contribution >= 4 is 50.7 Å². The number of hydrogen-bond acceptors (Lipinski definition) is 4. The Labute approximate surface area is 265 Å². The van der Waals surface area contributed by atoms with Gasteiger partial charge in [0.2, 0.25) is 11.8 Å². The van der Waals surface area contributed by atoms with E-state index in [1.165, 1.54) is 4.90 Å². The Balaban J connectivity index is 1.76. The Hall–Kier alpha value is -3.07. The third-order valence-corrected chi connectivity index (χ3v) is 10.7. The molecular formula is C33H39Cl2N3O4S. The van der Waals surface area contributed by atoms with E-state index >= 15 is 0 Å². The maximum Gasteiger partial charge on any atom is 0.264 e. The van der Waals surface area contributed by atoms with Crippen molar-refractivity contribution in [2.24, 2.45) is 0 Å². The maximum absolute atomic E-state index is 14.3. The van der Waals surface area contributed by atoms with Crippen LogP contribution < -0.4 is 9.62 Å². The molecule has 1 aliphatic rings. The molecule has 7 nitrogen and oxygen atoms in total. The van der Waals surface area contributed by atoms with E-state index in [9.17, 15) is 18.0 Å². The topological polar surface area (TPSA) is 86.8 Å². The summed E-state index contributed by atoms with van der Waals surface area (Å²) in [6.07, 6.45) is 4.25. The van der Waals surface area contributed by atoms with Crippen LogP contribution in [0.1, 0.15) is 61.3 Å². The van der Waals surface area contributed by atoms with Crippen LogP contribution in [0, 0.1) is 20.8 Å². The van der Waals surface area contributed by atoms with E-state index in [2.05, 4.69) is 5.32 Å². The van der Waals surface area contributed by atoms with Gasteiger partial charge in [0.05, 0.1) is 20.6 Å². The molecular weight excluding hydrogens is 605 g/mol. The highest BCUT2D eigenvalue weighted by Crippen LogP contribution is 2.30. The molecule has 1 saturated carbocycles. The van der Waals surface area contributed by atoms with Gasteiger partial charge in [-0.2, -0.15) is 0 Å². The van der Waals surface area contributed by atoms with Crippen LogP contribution in [0.5, 0.6) is 0 Å². The molecule has 0 heterocycles. The monoisotopic (exact) mass is 643 g/mol. The zero-order chi connectivity index (χ0) is 31.3. The summed E-state index contributed by atoms with van der Waals surface area (Å²) in [6, 6.07) is 16.2. The second-order valence-electron chi connectivity index (χ2n) is 11.2. The molecule has 2 amide bonds. The number of carbonyl (C=O) groups is 2. The molecule has 1 fully saturated rings. The first kappa shape index (κ1) is 32.8. The van der Waals surface area contributed by atoms with Gasteiger partial charge in [0, 0.05) is 12.6 Å². The molecule has 230 valence electrons. The van der Waals surface area contributed by atoms with E-state index in [-0.39, 0.29) is 23.4 Å². The zero-order valence-corrected chi connectivity index (χ0v) is 27.4. The van der Waals surface area contributed by atoms with Gasteiger partial charge in [0.15, 0.2) is 0 Å². The summed E-state index contributed by atoms with van der Waals surface area (Å²) in [6.45, 7) is 7.02. The minimum Gasteiger partial charge on any atom is -0.352 e. The van der Waals surface area contributed by atoms with Gasteiger partial charge in [-0.15, -0.1) is 0 Å². The number of amides is 2. The minimum atomic E-state index is -4.15. The standard InChI is InChI=1S/C33H39Cl2N3O4S/c1-5-30(33(40)36-26-10-6-7-11-26)37(20-25-15-18-28(34)29(35)19-25)32(39)21-38(31-12-8-9-23(3)24(31)4)43(41,42)27-16-13-22(2)14-17-27/h8-9,12-19,26,30H,5-7,10-11,20-21H2,1-4H3,(H,36,40)/t30-/m0/s1. The fourth-order valence-electron chi connectivity index (χ4n) is 5.48. The molecule has 0 bridgehead atoms. The highest BCUT2D eigenvalue weighted by molar-refractivity contribution is 7.92. The van der Waals surface area contributed by atoms with Crippen LogP contribution in [0.2, 0.25) is 10.0 Å². The third kappa shape index (κ3) is 7.72. The average Bonchev–Trinajstić information content (AvgIpc) is 3.48. The van der Waals surface area contributed by atoms with E-state index in [1.54, 1.807) is 54.6 Å². The molecule has 3 aromatic carbocycles. The molecule has 0 aliphatic heterocycles. The van der Waals surface area contributed by atoms with Crippen molar-refractivity contribution in [3.05, 3.63) is 93.0 Å². The molecule has 0 unspecified atom stereocenters. The highest BCUT2D eigenvalue weighted by Gasteiger charge is 2.35. The highest BCUT2D eigenvalue weighted by atomic mass is 35.5. The smallest absolute Gasteiger partial charge is 0.264 e. The first-order valence-electron chi connectivity index (χ1n) is 14.6. The minimum absolute atomic E-state index is 0.0531. The number of nitrogens with one attached hydrogen (secondary N) is 1. The van der Waals surface area contributed by atoms with Crippen LogP contribution in [-0.4, -0.2) is 43.8 Å². The first-order chi connectivity index (χ1) is 20.4. The number of aryl methyl sites for hydroxylation is 2. The third-order valence-electron chi connectivity index (χ3n) is 8.16. The van der Waals surface area contributed by atoms with Gasteiger partial charge < -0.3 is 10.2 Å². The van der Waals surface area contributed by atoms with Crippen LogP contribution in [0.3, 0.4) is 0 Å². The van der Waals surface area contributed by atoms with Crippen molar-refractivity contribution in [2.45, 2.75) is 83.3 Å². The number of sulfonamides is 1. The normalized spacial score (nSPS) is 14.4. The second-order valence-corrected chi connectivity index (χ2v) is 13.9. The fraction of sp³-hybridized carbons (Fsp3) is 0.394. The number of nitrogens with zero attached hydrogens (tertiary/aromatic N) is 2. The molecule has 10 heteroatoms. The lowest BCUT2D eigenvalue weighted by Crippen LogP contribution is -2.53. The molecule has 43 heavy (non-hydrogen) atoms. The van der Waals surface area contributed by atoms with Crippen molar-refractivity contribution in [1.82, 2.24) is 10.2 Å². The summed E-state index contributed by atoms with van der Waals surface area (Å²) in [4.78, 5) is 29.5. The molecule has 3 aromatic rings. The predicted octanol–water partition coefficient (Wildman–Crippen LogP) is 6.98. The van der Waals surface area contributed by atoms with Gasteiger partial charge in [-0.25, -0.2) is 8.42 Å². The summed E-state index contributed by atoms with van der Waals surface area (Å²) < 4.78 is 29.5. The Morgan fingerprint density at radius 2 is 1.63 bits per heavy atom. The molecule has 0 aromatic heterocycles. The van der Waals surface area contributed by atoms with Gasteiger partial charge in [-0.3, -0.25) is 13.9 Å². The number of rotatable bonds is 11. The van der Waals surface area contributed by atoms with Crippen molar-refractivity contribution in [1.29, 1.82) is 0 Å². The van der Waals surface area contributed by atoms with Crippen molar-refractivity contribution < 1.29 is 18.0 Å². The Kier molecular flexibility index (Phi) is 10.8. The molecule has 0 spiro atoms. The van der Waals surface area contributed by atoms with Gasteiger partial charge in [0.1, 0.15) is 12.6 Å². The first-order valence-corrected chi connectivity index (χ1v) is 16.8. The molecule has 1 atom stereocenters. The van der Waals surface area contributed by atoms with Crippen LogP contribution in [-0.2, 0) is 26.2 Å². The maximum atomic E-state index is 14.3. The van der Waals surface area contributed by atoms with Crippen LogP contribution >= 0.6 is 23.2 Å². The Bertz CT molecular complexity index is 1570. The fourth-order valence-corrected chi connectivity index (χ4v) is 7.27. The van der Waals surface area contributed by atoms with E-state index in [0.717, 1.165) is 46.7 Å². The van der Waals surface area contributed by atoms with Crippen molar-refractivity contribution in [3.8, 4) is 0 Å². The largest absolute Gasteiger partial charge is 0.352 e. The summed E-state index contributed by atoms with van der Waals surface area (Å²) in [5, 5.41) is 3.82. The second kappa shape index (κ2) is 14.1. The Morgan fingerprint density at radius 3 is 2.26 bits per heavy atom. The van der Waals surface area contributed by atoms with Crippen molar-refractivity contribution in [2.75, 3.05) is 10.8 Å². The van der Waals surface area contributed by atoms with Gasteiger partial charge in [0.25, 0.3) is 10.0 Å². The summed E-state index contributed by atoms with van der Waals surface area (Å²) in [5.41, 5.74) is 3.64. The van der Waals surface area contributed by atoms with Crippen LogP contribution in [0.25, 0.3) is 0 Å². The predicted molar refractivity (Wildman–Crippen MR) is 173 cm³/mol. The lowest BCUT2D eigenvalue weighted by atomic mass is 10.1. The van der Waals surface area contributed by atoms with E-state index in [0.29, 0.717) is 27.7 Å². The molecule has 1 N–H and O–H groups in total. The number of hydrogen-bond donors (Lipinski definition) is 1. The zero-order valence-electron chi connectivity index (χ0n) is 25.1. The lowest BCUT2D eigenvalue weighted by molar-refractivity contribution is -0.140. The number of carbonyl (C=O) groups excluding carboxylic acids is 2. The van der Waals surface area contributed by atoms with E-state index < -0.39 is 28.5 Å². The molecule has 4 rings (SSSR count). The van der Waals surface area contributed by atoms with Crippen LogP contribution in [0.15, 0.2) is 65.6 Å². The van der Waals surface area contributed by atoms with Gasteiger partial charge in [-0.1, -0.05) is 78.9 Å². The number of benzene rings is 3. The van der Waals surface area contributed by atoms with Gasteiger partial charge >= 0.3 is 0 Å². The molecule has 0 saturated heterocycles. The number of halogens is 2. The van der Waals surface area contributed by atoms with Crippen LogP contribution in [0.4, 0.5) is 5.69 Å². The lowest BCUT2D eigenvalue weighted by Gasteiger charge is -2.34. The SMILES string of the molecule is CC[C@@H](C(=O)NC1CCCC1)N(Cc1ccc(Cl)c(Cl)c1)C(=O)CN(c1cccc(C)c1C)S(=O)(=O)c1ccc(C)cc1. The number of anilines is 1. The van der Waals surface area contributed by atoms with E-state index in [1.807, 2.05) is 33.8 Å². The molecule has 0 radical (unpaired) electrons. The average molecular weight is 645 g/mol. The summed E-state index contributed by atoms with van der Waals surface area (Å²) >= 11 is 12.4. The van der Waals surface area contributed by atoms with Crippen molar-refractivity contribution in [3.63, 3.8) is 0 Å². The quantitative estimate of drug-likeness (QED) is 0.244. The summed E-state index contributed by atoms with van der Waals surface area (Å²) in [5.74, 6) is -0.751. The van der Waals surface area contributed by atoms with E-state index in [4.69, 9.17) is 23.2 Å². The molecule has 1 aliphatic carbocycles. The Morgan fingerprint density at radius 1 is 0.953 bits per heavy atom. The summed E-state index contributed by atoms with van der Waals surface area (Å²) in [7, 11) is -4.15. The van der Waals surface area contributed by atoms with Gasteiger partial charge in [-0.05, 0) is 87.1 Å².